The minimum atomic E-state index is -1.07. The monoisotopic (exact) mass is 334 g/mol. The number of hydrogen-bond donors (Lipinski definition) is 1. The van der Waals surface area contributed by atoms with Crippen LogP contribution in [0.3, 0.4) is 0 Å². The summed E-state index contributed by atoms with van der Waals surface area (Å²) in [6.07, 6.45) is 0. The number of carboxylic acids is 1. The number of alkyl halides is 2. The Kier molecular flexibility index (Phi) is 4.47. The van der Waals surface area contributed by atoms with Gasteiger partial charge in [0.1, 0.15) is 9.65 Å². The third-order valence-corrected chi connectivity index (χ3v) is 4.38. The van der Waals surface area contributed by atoms with Crippen LogP contribution >= 0.6 is 31.9 Å². The van der Waals surface area contributed by atoms with E-state index in [0.717, 1.165) is 0 Å². The number of rotatable bonds is 4. The quantitative estimate of drug-likeness (QED) is 0.679. The average Bonchev–Trinajstić information content (AvgIpc) is 2.27. The molecule has 0 unspecified atom stereocenters. The molecule has 3 nitrogen and oxygen atoms in total. The molecular formula is C10H8Br2O3. The molecule has 0 aliphatic heterocycles. The van der Waals surface area contributed by atoms with E-state index in [0.29, 0.717) is 5.56 Å². The van der Waals surface area contributed by atoms with Gasteiger partial charge >= 0.3 is 5.97 Å². The molecule has 1 N–H and O–H groups in total. The van der Waals surface area contributed by atoms with Crippen molar-refractivity contribution in [2.24, 2.45) is 0 Å². The molecule has 0 aromatic heterocycles. The van der Waals surface area contributed by atoms with E-state index in [1.165, 1.54) is 0 Å². The van der Waals surface area contributed by atoms with Crippen molar-refractivity contribution in [1.29, 1.82) is 0 Å². The molecule has 1 aromatic carbocycles. The molecule has 0 saturated carbocycles. The van der Waals surface area contributed by atoms with E-state index in [1.54, 1.807) is 30.3 Å². The number of benzene rings is 1. The first kappa shape index (κ1) is 12.4. The Morgan fingerprint density at radius 1 is 1.07 bits per heavy atom. The summed E-state index contributed by atoms with van der Waals surface area (Å²) in [5.74, 6) is -1.32. The first-order valence-corrected chi connectivity index (χ1v) is 5.97. The summed E-state index contributed by atoms with van der Waals surface area (Å²) in [6.45, 7) is 0. The molecule has 0 spiro atoms. The Bertz CT molecular complexity index is 364. The summed E-state index contributed by atoms with van der Waals surface area (Å²) in [5, 5.41) is 8.72. The topological polar surface area (TPSA) is 54.4 Å². The first-order chi connectivity index (χ1) is 7.04. The predicted molar refractivity (Wildman–Crippen MR) is 63.8 cm³/mol. The first-order valence-electron chi connectivity index (χ1n) is 4.14. The summed E-state index contributed by atoms with van der Waals surface area (Å²) in [7, 11) is 0. The number of carbonyl (C=O) groups excluding carboxylic acids is 1. The number of hydrogen-bond acceptors (Lipinski definition) is 2. The lowest BCUT2D eigenvalue weighted by molar-refractivity contribution is -0.136. The van der Waals surface area contributed by atoms with Gasteiger partial charge in [-0.2, -0.15) is 0 Å². The minimum Gasteiger partial charge on any atom is -0.480 e. The van der Waals surface area contributed by atoms with E-state index in [4.69, 9.17) is 5.11 Å². The van der Waals surface area contributed by atoms with Crippen molar-refractivity contribution in [2.45, 2.75) is 9.65 Å². The van der Waals surface area contributed by atoms with Crippen LogP contribution in [0.2, 0.25) is 0 Å². The van der Waals surface area contributed by atoms with Gasteiger partial charge < -0.3 is 5.11 Å². The summed E-state index contributed by atoms with van der Waals surface area (Å²) in [5.41, 5.74) is 0.491. The van der Waals surface area contributed by atoms with Gasteiger partial charge in [-0.3, -0.25) is 9.59 Å². The van der Waals surface area contributed by atoms with E-state index in [2.05, 4.69) is 31.9 Å². The van der Waals surface area contributed by atoms with Gasteiger partial charge in [0.2, 0.25) is 0 Å². The second-order valence-corrected chi connectivity index (χ2v) is 4.85. The lowest BCUT2D eigenvalue weighted by Gasteiger charge is -2.11. The van der Waals surface area contributed by atoms with E-state index in [-0.39, 0.29) is 5.78 Å². The van der Waals surface area contributed by atoms with Crippen LogP contribution < -0.4 is 0 Å². The molecule has 15 heavy (non-hydrogen) atoms. The van der Waals surface area contributed by atoms with Gasteiger partial charge in [-0.1, -0.05) is 62.2 Å². The fraction of sp³-hybridized carbons (Fsp3) is 0.200. The molecular weight excluding hydrogens is 328 g/mol. The van der Waals surface area contributed by atoms with Crippen LogP contribution in [-0.4, -0.2) is 26.5 Å². The number of Topliss-reactive ketones (excluding diaryl/α,β-unsaturated/α-hetero) is 1. The summed E-state index contributed by atoms with van der Waals surface area (Å²) in [4.78, 5) is 20.7. The van der Waals surface area contributed by atoms with Crippen LogP contribution in [-0.2, 0) is 4.79 Å². The average molecular weight is 336 g/mol. The molecule has 5 heteroatoms. The number of ketones is 1. The van der Waals surface area contributed by atoms with Gasteiger partial charge in [-0.25, -0.2) is 0 Å². The van der Waals surface area contributed by atoms with Crippen LogP contribution in [0.1, 0.15) is 10.4 Å². The van der Waals surface area contributed by atoms with Crippen LogP contribution in [0.5, 0.6) is 0 Å². The van der Waals surface area contributed by atoms with E-state index in [1.807, 2.05) is 0 Å². The van der Waals surface area contributed by atoms with Crippen LogP contribution in [0.25, 0.3) is 0 Å². The number of halogens is 2. The summed E-state index contributed by atoms with van der Waals surface area (Å²) in [6, 6.07) is 8.56. The Balaban J connectivity index is 2.82. The highest BCUT2D eigenvalue weighted by molar-refractivity contribution is 9.12. The van der Waals surface area contributed by atoms with Crippen molar-refractivity contribution in [3.63, 3.8) is 0 Å². The molecule has 0 bridgehead atoms. The molecule has 0 radical (unpaired) electrons. The lowest BCUT2D eigenvalue weighted by Crippen LogP contribution is -2.30. The van der Waals surface area contributed by atoms with E-state index >= 15 is 0 Å². The fourth-order valence-electron chi connectivity index (χ4n) is 1.02. The number of carbonyl (C=O) groups is 2. The normalized spacial score (nSPS) is 14.3. The van der Waals surface area contributed by atoms with Gasteiger partial charge in [-0.15, -0.1) is 0 Å². The molecule has 1 aromatic rings. The SMILES string of the molecule is O=C(O)[C@@H](Br)[C@@H](Br)C(=O)c1ccccc1. The maximum absolute atomic E-state index is 11.8. The molecule has 0 aliphatic carbocycles. The van der Waals surface area contributed by atoms with E-state index < -0.39 is 15.6 Å². The van der Waals surface area contributed by atoms with Crippen LogP contribution in [0.4, 0.5) is 0 Å². The van der Waals surface area contributed by atoms with Gasteiger partial charge in [-0.05, 0) is 0 Å². The molecule has 0 amide bonds. The van der Waals surface area contributed by atoms with Gasteiger partial charge in [0.05, 0.1) is 0 Å². The van der Waals surface area contributed by atoms with Crippen molar-refractivity contribution in [2.75, 3.05) is 0 Å². The molecule has 0 fully saturated rings. The highest BCUT2D eigenvalue weighted by Gasteiger charge is 2.29. The molecule has 0 heterocycles. The Morgan fingerprint density at radius 3 is 2.07 bits per heavy atom. The second-order valence-electron chi connectivity index (χ2n) is 2.87. The zero-order chi connectivity index (χ0) is 11.4. The number of aliphatic carboxylic acids is 1. The van der Waals surface area contributed by atoms with Crippen molar-refractivity contribution < 1.29 is 14.7 Å². The third kappa shape index (κ3) is 3.14. The standard InChI is InChI=1S/C10H8Br2O3/c11-7(8(12)10(14)15)9(13)6-4-2-1-3-5-6/h1-5,7-8H,(H,14,15)/t7-,8+/m1/s1. The third-order valence-electron chi connectivity index (χ3n) is 1.80. The fourth-order valence-corrected chi connectivity index (χ4v) is 1.75. The summed E-state index contributed by atoms with van der Waals surface area (Å²) >= 11 is 6.01. The minimum absolute atomic E-state index is 0.250. The van der Waals surface area contributed by atoms with Gasteiger partial charge in [0.15, 0.2) is 5.78 Å². The molecule has 80 valence electrons. The lowest BCUT2D eigenvalue weighted by atomic mass is 10.1. The highest BCUT2D eigenvalue weighted by Crippen LogP contribution is 2.19. The highest BCUT2D eigenvalue weighted by atomic mass is 79.9. The Hall–Kier alpha value is -0.680. The zero-order valence-electron chi connectivity index (χ0n) is 7.56. The van der Waals surface area contributed by atoms with Crippen molar-refractivity contribution in [3.05, 3.63) is 35.9 Å². The Morgan fingerprint density at radius 2 is 1.60 bits per heavy atom. The van der Waals surface area contributed by atoms with Crippen LogP contribution in [0, 0.1) is 0 Å². The van der Waals surface area contributed by atoms with Gasteiger partial charge in [0, 0.05) is 5.56 Å². The van der Waals surface area contributed by atoms with Gasteiger partial charge in [0.25, 0.3) is 0 Å². The molecule has 1 rings (SSSR count). The number of carboxylic acid groups (broad SMARTS) is 1. The van der Waals surface area contributed by atoms with Crippen LogP contribution in [0.15, 0.2) is 30.3 Å². The zero-order valence-corrected chi connectivity index (χ0v) is 10.7. The van der Waals surface area contributed by atoms with E-state index in [9.17, 15) is 9.59 Å². The second kappa shape index (κ2) is 5.42. The molecule has 2 atom stereocenters. The van der Waals surface area contributed by atoms with Crippen molar-refractivity contribution >= 4 is 43.6 Å². The molecule has 0 saturated heterocycles. The maximum Gasteiger partial charge on any atom is 0.318 e. The van der Waals surface area contributed by atoms with Crippen molar-refractivity contribution in [3.8, 4) is 0 Å². The largest absolute Gasteiger partial charge is 0.480 e. The Labute approximate surface area is 104 Å². The van der Waals surface area contributed by atoms with Crippen molar-refractivity contribution in [1.82, 2.24) is 0 Å². The summed E-state index contributed by atoms with van der Waals surface area (Å²) < 4.78 is 0. The smallest absolute Gasteiger partial charge is 0.318 e. The molecule has 0 aliphatic rings. The maximum atomic E-state index is 11.8. The predicted octanol–water partition coefficient (Wildman–Crippen LogP) is 2.48.